The van der Waals surface area contributed by atoms with E-state index >= 15 is 0 Å². The first-order chi connectivity index (χ1) is 13.0. The van der Waals surface area contributed by atoms with Crippen molar-refractivity contribution in [2.75, 3.05) is 18.0 Å². The molecule has 0 spiro atoms. The first-order valence-electron chi connectivity index (χ1n) is 9.07. The minimum atomic E-state index is -0.339. The zero-order chi connectivity index (χ0) is 19.0. The molecule has 27 heavy (non-hydrogen) atoms. The van der Waals surface area contributed by atoms with Gasteiger partial charge in [-0.1, -0.05) is 11.6 Å². The van der Waals surface area contributed by atoms with E-state index in [1.807, 2.05) is 23.0 Å². The molecule has 0 amide bonds. The fourth-order valence-corrected chi connectivity index (χ4v) is 3.89. The number of aryl methyl sites for hydroxylation is 1. The van der Waals surface area contributed by atoms with Crippen LogP contribution in [0.2, 0.25) is 5.15 Å². The Morgan fingerprint density at radius 2 is 2.07 bits per heavy atom. The molecule has 1 fully saturated rings. The summed E-state index contributed by atoms with van der Waals surface area (Å²) in [6.07, 6.45) is 5.94. The maximum Gasteiger partial charge on any atom is 0.294 e. The average molecular weight is 386 g/mol. The van der Waals surface area contributed by atoms with Crippen molar-refractivity contribution < 1.29 is 4.92 Å². The Hall–Kier alpha value is -2.67. The number of pyridine rings is 1. The van der Waals surface area contributed by atoms with Crippen molar-refractivity contribution in [1.82, 2.24) is 14.8 Å². The highest BCUT2D eigenvalue weighted by Gasteiger charge is 2.27. The molecule has 3 heterocycles. The first-order valence-corrected chi connectivity index (χ1v) is 9.45. The molecule has 1 aliphatic rings. The number of anilines is 1. The van der Waals surface area contributed by atoms with Crippen LogP contribution in [0.1, 0.15) is 31.2 Å². The number of benzene rings is 1. The van der Waals surface area contributed by atoms with Gasteiger partial charge in [0, 0.05) is 37.3 Å². The van der Waals surface area contributed by atoms with Crippen molar-refractivity contribution in [3.63, 3.8) is 0 Å². The number of nitro benzene ring substituents is 1. The van der Waals surface area contributed by atoms with Crippen LogP contribution in [0.4, 0.5) is 11.4 Å². The van der Waals surface area contributed by atoms with E-state index in [1.54, 1.807) is 6.07 Å². The van der Waals surface area contributed by atoms with E-state index in [2.05, 4.69) is 28.1 Å². The SMILES string of the molecule is CCn1cc(C2CCN(c3cc4ccc(Cl)nc4cc3[N+](=O)[O-])CC2)cn1. The lowest BCUT2D eigenvalue weighted by atomic mass is 9.91. The molecule has 1 saturated heterocycles. The van der Waals surface area contributed by atoms with Crippen molar-refractivity contribution in [3.05, 3.63) is 57.5 Å². The van der Waals surface area contributed by atoms with E-state index in [9.17, 15) is 10.1 Å². The molecule has 7 nitrogen and oxygen atoms in total. The molecule has 0 aliphatic carbocycles. The maximum atomic E-state index is 11.6. The van der Waals surface area contributed by atoms with Crippen molar-refractivity contribution in [2.24, 2.45) is 0 Å². The zero-order valence-electron chi connectivity index (χ0n) is 15.0. The molecule has 0 radical (unpaired) electrons. The summed E-state index contributed by atoms with van der Waals surface area (Å²) in [5, 5.41) is 17.2. The van der Waals surface area contributed by atoms with Crippen LogP contribution in [0, 0.1) is 10.1 Å². The Morgan fingerprint density at radius 1 is 1.30 bits per heavy atom. The second-order valence-electron chi connectivity index (χ2n) is 6.82. The van der Waals surface area contributed by atoms with E-state index in [1.165, 1.54) is 11.6 Å². The molecule has 1 aliphatic heterocycles. The Morgan fingerprint density at radius 3 is 2.74 bits per heavy atom. The van der Waals surface area contributed by atoms with E-state index in [0.717, 1.165) is 37.9 Å². The molecule has 3 aromatic rings. The van der Waals surface area contributed by atoms with Crippen LogP contribution in [-0.4, -0.2) is 32.8 Å². The van der Waals surface area contributed by atoms with Gasteiger partial charge >= 0.3 is 0 Å². The van der Waals surface area contributed by atoms with E-state index in [4.69, 9.17) is 11.6 Å². The van der Waals surface area contributed by atoms with E-state index < -0.39 is 0 Å². The first kappa shape index (κ1) is 17.7. The number of fused-ring (bicyclic) bond motifs is 1. The highest BCUT2D eigenvalue weighted by molar-refractivity contribution is 6.29. The molecule has 0 atom stereocenters. The lowest BCUT2D eigenvalue weighted by Gasteiger charge is -2.33. The summed E-state index contributed by atoms with van der Waals surface area (Å²) in [6, 6.07) is 6.93. The number of halogens is 1. The zero-order valence-corrected chi connectivity index (χ0v) is 15.8. The number of hydrogen-bond donors (Lipinski definition) is 0. The summed E-state index contributed by atoms with van der Waals surface area (Å²) in [6.45, 7) is 4.48. The molecular formula is C19H20ClN5O2. The van der Waals surface area contributed by atoms with Gasteiger partial charge in [-0.15, -0.1) is 0 Å². The Kier molecular flexibility index (Phi) is 4.70. The molecule has 0 saturated carbocycles. The van der Waals surface area contributed by atoms with Gasteiger partial charge in [0.25, 0.3) is 5.69 Å². The third kappa shape index (κ3) is 3.47. The van der Waals surface area contributed by atoms with E-state index in [-0.39, 0.29) is 10.6 Å². The number of nitro groups is 1. The average Bonchev–Trinajstić information content (AvgIpc) is 3.16. The highest BCUT2D eigenvalue weighted by atomic mass is 35.5. The number of hydrogen-bond acceptors (Lipinski definition) is 5. The van der Waals surface area contributed by atoms with Gasteiger partial charge in [-0.2, -0.15) is 5.10 Å². The summed E-state index contributed by atoms with van der Waals surface area (Å²) in [5.41, 5.74) is 2.53. The molecule has 0 unspecified atom stereocenters. The van der Waals surface area contributed by atoms with Crippen molar-refractivity contribution in [3.8, 4) is 0 Å². The predicted molar refractivity (Wildman–Crippen MR) is 105 cm³/mol. The monoisotopic (exact) mass is 385 g/mol. The lowest BCUT2D eigenvalue weighted by Crippen LogP contribution is -2.33. The Labute approximate surface area is 161 Å². The van der Waals surface area contributed by atoms with Crippen LogP contribution in [-0.2, 0) is 6.54 Å². The second kappa shape index (κ2) is 7.15. The van der Waals surface area contributed by atoms with Gasteiger partial charge in [0.05, 0.1) is 16.6 Å². The van der Waals surface area contributed by atoms with Crippen molar-refractivity contribution in [1.29, 1.82) is 0 Å². The topological polar surface area (TPSA) is 77.1 Å². The minimum Gasteiger partial charge on any atom is -0.366 e. The van der Waals surface area contributed by atoms with Crippen LogP contribution < -0.4 is 4.90 Å². The third-order valence-corrected chi connectivity index (χ3v) is 5.44. The Bertz CT molecular complexity index is 995. The molecule has 1 aromatic carbocycles. The number of piperidine rings is 1. The third-order valence-electron chi connectivity index (χ3n) is 5.23. The van der Waals surface area contributed by atoms with Crippen LogP contribution >= 0.6 is 11.6 Å². The molecule has 2 aromatic heterocycles. The molecule has 4 rings (SSSR count). The normalized spacial score (nSPS) is 15.4. The van der Waals surface area contributed by atoms with Gasteiger partial charge in [0.15, 0.2) is 0 Å². The van der Waals surface area contributed by atoms with Gasteiger partial charge < -0.3 is 4.90 Å². The summed E-state index contributed by atoms with van der Waals surface area (Å²) in [5.74, 6) is 0.446. The predicted octanol–water partition coefficient (Wildman–Crippen LogP) is 4.40. The van der Waals surface area contributed by atoms with Crippen LogP contribution in [0.15, 0.2) is 36.7 Å². The largest absolute Gasteiger partial charge is 0.366 e. The van der Waals surface area contributed by atoms with Gasteiger partial charge in [-0.3, -0.25) is 14.8 Å². The van der Waals surface area contributed by atoms with Gasteiger partial charge in [0.2, 0.25) is 0 Å². The quantitative estimate of drug-likeness (QED) is 0.378. The molecule has 0 N–H and O–H groups in total. The standard InChI is InChI=1S/C19H20ClN5O2/c1-2-24-12-15(11-21-24)13-5-7-23(8-6-13)17-9-14-3-4-19(20)22-16(14)10-18(17)25(26)27/h3-4,9-13H,2,5-8H2,1H3. The molecule has 0 bridgehead atoms. The maximum absolute atomic E-state index is 11.6. The lowest BCUT2D eigenvalue weighted by molar-refractivity contribution is -0.384. The van der Waals surface area contributed by atoms with E-state index in [0.29, 0.717) is 22.3 Å². The van der Waals surface area contributed by atoms with Crippen LogP contribution in [0.25, 0.3) is 10.9 Å². The van der Waals surface area contributed by atoms with Crippen LogP contribution in [0.3, 0.4) is 0 Å². The fraction of sp³-hybridized carbons (Fsp3) is 0.368. The number of rotatable bonds is 4. The minimum absolute atomic E-state index is 0.0783. The highest BCUT2D eigenvalue weighted by Crippen LogP contribution is 2.37. The van der Waals surface area contributed by atoms with Crippen LogP contribution in [0.5, 0.6) is 0 Å². The molecular weight excluding hydrogens is 366 g/mol. The molecule has 140 valence electrons. The van der Waals surface area contributed by atoms with Gasteiger partial charge in [0.1, 0.15) is 10.8 Å². The fourth-order valence-electron chi connectivity index (χ4n) is 3.74. The summed E-state index contributed by atoms with van der Waals surface area (Å²) < 4.78 is 1.94. The second-order valence-corrected chi connectivity index (χ2v) is 7.20. The smallest absolute Gasteiger partial charge is 0.294 e. The van der Waals surface area contributed by atoms with Gasteiger partial charge in [-0.05, 0) is 49.4 Å². The number of aromatic nitrogens is 3. The Balaban J connectivity index is 1.60. The summed E-state index contributed by atoms with van der Waals surface area (Å²) >= 11 is 5.93. The molecule has 8 heteroatoms. The van der Waals surface area contributed by atoms with Crippen molar-refractivity contribution in [2.45, 2.75) is 32.2 Å². The summed E-state index contributed by atoms with van der Waals surface area (Å²) in [4.78, 5) is 17.6. The summed E-state index contributed by atoms with van der Waals surface area (Å²) in [7, 11) is 0. The van der Waals surface area contributed by atoms with Gasteiger partial charge in [-0.25, -0.2) is 4.98 Å². The van der Waals surface area contributed by atoms with Crippen molar-refractivity contribution >= 4 is 33.9 Å². The number of nitrogens with zero attached hydrogens (tertiary/aromatic N) is 5.